The lowest BCUT2D eigenvalue weighted by Crippen LogP contribution is -2.25. The van der Waals surface area contributed by atoms with E-state index in [1.54, 1.807) is 31.5 Å². The van der Waals surface area contributed by atoms with Crippen molar-refractivity contribution in [2.75, 3.05) is 5.43 Å². The van der Waals surface area contributed by atoms with Gasteiger partial charge in [0.1, 0.15) is 0 Å². The standard InChI is InChI=1S/C19H13F3N6O2/c1-11-15(10-25-17(26-11)16-23-6-2-7-24-16)30-18(29)27-28-8-5-12-3-4-13(9-14(12)28)19(20,21)22/h2-10H,1H3,(H,27,29). The van der Waals surface area contributed by atoms with Crippen LogP contribution < -0.4 is 10.2 Å². The molecule has 0 aliphatic rings. The second-order valence-corrected chi connectivity index (χ2v) is 6.17. The van der Waals surface area contributed by atoms with Crippen molar-refractivity contribution in [3.05, 3.63) is 66.4 Å². The number of alkyl halides is 3. The summed E-state index contributed by atoms with van der Waals surface area (Å²) in [5, 5.41) is 0.523. The number of fused-ring (bicyclic) bond motifs is 1. The third kappa shape index (κ3) is 3.90. The maximum atomic E-state index is 13.0. The minimum Gasteiger partial charge on any atom is -0.406 e. The van der Waals surface area contributed by atoms with E-state index in [4.69, 9.17) is 4.74 Å². The van der Waals surface area contributed by atoms with Crippen molar-refractivity contribution in [2.45, 2.75) is 13.1 Å². The second-order valence-electron chi connectivity index (χ2n) is 6.17. The Morgan fingerprint density at radius 3 is 2.57 bits per heavy atom. The van der Waals surface area contributed by atoms with Crippen LogP contribution in [0, 0.1) is 6.92 Å². The normalized spacial score (nSPS) is 11.5. The van der Waals surface area contributed by atoms with Crippen LogP contribution in [0.15, 0.2) is 55.1 Å². The summed E-state index contributed by atoms with van der Waals surface area (Å²) in [4.78, 5) is 28.6. The van der Waals surface area contributed by atoms with Crippen LogP contribution in [-0.2, 0) is 6.18 Å². The van der Waals surface area contributed by atoms with E-state index in [2.05, 4.69) is 25.4 Å². The quantitative estimate of drug-likeness (QED) is 0.545. The highest BCUT2D eigenvalue weighted by Gasteiger charge is 2.30. The maximum absolute atomic E-state index is 13.0. The van der Waals surface area contributed by atoms with E-state index >= 15 is 0 Å². The number of carbonyl (C=O) groups is 1. The van der Waals surface area contributed by atoms with Crippen LogP contribution in [0.1, 0.15) is 11.3 Å². The van der Waals surface area contributed by atoms with Crippen LogP contribution in [-0.4, -0.2) is 30.7 Å². The molecule has 0 fully saturated rings. The van der Waals surface area contributed by atoms with Crippen LogP contribution >= 0.6 is 0 Å². The minimum atomic E-state index is -4.50. The predicted molar refractivity (Wildman–Crippen MR) is 100 cm³/mol. The van der Waals surface area contributed by atoms with Crippen LogP contribution in [0.25, 0.3) is 22.6 Å². The summed E-state index contributed by atoms with van der Waals surface area (Å²) in [5.41, 5.74) is 2.08. The number of amides is 1. The summed E-state index contributed by atoms with van der Waals surface area (Å²) < 4.78 is 45.2. The van der Waals surface area contributed by atoms with E-state index in [1.165, 1.54) is 18.5 Å². The molecule has 0 aliphatic heterocycles. The molecule has 4 aromatic rings. The average molecular weight is 414 g/mol. The number of aromatic nitrogens is 5. The topological polar surface area (TPSA) is 94.8 Å². The van der Waals surface area contributed by atoms with E-state index in [0.29, 0.717) is 16.9 Å². The molecule has 8 nitrogen and oxygen atoms in total. The first-order chi connectivity index (χ1) is 14.3. The molecule has 0 saturated carbocycles. The van der Waals surface area contributed by atoms with Crippen molar-refractivity contribution in [1.29, 1.82) is 0 Å². The monoisotopic (exact) mass is 414 g/mol. The first-order valence-electron chi connectivity index (χ1n) is 8.59. The molecule has 0 atom stereocenters. The van der Waals surface area contributed by atoms with Gasteiger partial charge >= 0.3 is 12.3 Å². The van der Waals surface area contributed by atoms with Gasteiger partial charge in [0.25, 0.3) is 0 Å². The van der Waals surface area contributed by atoms with Gasteiger partial charge in [0.2, 0.25) is 0 Å². The minimum absolute atomic E-state index is 0.0830. The number of benzene rings is 1. The van der Waals surface area contributed by atoms with E-state index in [-0.39, 0.29) is 17.1 Å². The van der Waals surface area contributed by atoms with Gasteiger partial charge in [-0.05, 0) is 31.2 Å². The van der Waals surface area contributed by atoms with Gasteiger partial charge in [-0.15, -0.1) is 0 Å². The molecule has 152 valence electrons. The lowest BCUT2D eigenvalue weighted by atomic mass is 10.1. The molecular weight excluding hydrogens is 401 g/mol. The number of halogens is 3. The zero-order chi connectivity index (χ0) is 21.3. The Kier molecular flexibility index (Phi) is 4.78. The number of carbonyl (C=O) groups excluding carboxylic acids is 1. The molecule has 3 aromatic heterocycles. The molecule has 1 N–H and O–H groups in total. The van der Waals surface area contributed by atoms with Gasteiger partial charge in [-0.25, -0.2) is 30.2 Å². The molecular formula is C19H13F3N6O2. The summed E-state index contributed by atoms with van der Waals surface area (Å²) >= 11 is 0. The molecule has 30 heavy (non-hydrogen) atoms. The summed E-state index contributed by atoms with van der Waals surface area (Å²) in [6.45, 7) is 1.61. The summed E-state index contributed by atoms with van der Waals surface area (Å²) in [5.74, 6) is 0.660. The lowest BCUT2D eigenvalue weighted by molar-refractivity contribution is -0.137. The van der Waals surface area contributed by atoms with Crippen molar-refractivity contribution >= 4 is 17.0 Å². The Labute approximate surface area is 167 Å². The Bertz CT molecular complexity index is 1220. The highest BCUT2D eigenvalue weighted by atomic mass is 19.4. The number of rotatable bonds is 3. The first kappa shape index (κ1) is 19.3. The third-order valence-corrected chi connectivity index (χ3v) is 4.13. The number of hydrogen-bond acceptors (Lipinski definition) is 6. The van der Waals surface area contributed by atoms with Gasteiger partial charge in [-0.3, -0.25) is 4.68 Å². The van der Waals surface area contributed by atoms with Crippen molar-refractivity contribution in [2.24, 2.45) is 0 Å². The predicted octanol–water partition coefficient (Wildman–Crippen LogP) is 3.96. The zero-order valence-electron chi connectivity index (χ0n) is 15.4. The van der Waals surface area contributed by atoms with Crippen LogP contribution in [0.3, 0.4) is 0 Å². The molecule has 11 heteroatoms. The zero-order valence-corrected chi connectivity index (χ0v) is 15.4. The van der Waals surface area contributed by atoms with Crippen LogP contribution in [0.5, 0.6) is 5.75 Å². The molecule has 0 aliphatic carbocycles. The van der Waals surface area contributed by atoms with Crippen molar-refractivity contribution in [3.8, 4) is 17.4 Å². The number of aryl methyl sites for hydroxylation is 1. The summed E-state index contributed by atoms with van der Waals surface area (Å²) in [6.07, 6.45) is 0.395. The molecule has 0 saturated heterocycles. The Morgan fingerprint density at radius 1 is 1.10 bits per heavy atom. The Hall–Kier alpha value is -4.02. The SMILES string of the molecule is Cc1nc(-c2ncccn2)ncc1OC(=O)Nn1ccc2ccc(C(F)(F)F)cc21. The van der Waals surface area contributed by atoms with Crippen molar-refractivity contribution in [1.82, 2.24) is 24.6 Å². The van der Waals surface area contributed by atoms with E-state index in [1.807, 2.05) is 0 Å². The smallest absolute Gasteiger partial charge is 0.406 e. The first-order valence-corrected chi connectivity index (χ1v) is 8.59. The number of ether oxygens (including phenoxy) is 1. The fraction of sp³-hybridized carbons (Fsp3) is 0.105. The molecule has 4 rings (SSSR count). The van der Waals surface area contributed by atoms with Crippen LogP contribution in [0.2, 0.25) is 0 Å². The molecule has 0 unspecified atom stereocenters. The number of nitrogens with zero attached hydrogens (tertiary/aromatic N) is 5. The average Bonchev–Trinajstić information content (AvgIpc) is 3.11. The van der Waals surface area contributed by atoms with Gasteiger partial charge < -0.3 is 4.74 Å². The molecule has 1 aromatic carbocycles. The van der Waals surface area contributed by atoms with E-state index in [9.17, 15) is 18.0 Å². The largest absolute Gasteiger partial charge is 0.432 e. The van der Waals surface area contributed by atoms with Crippen molar-refractivity contribution in [3.63, 3.8) is 0 Å². The molecule has 1 amide bonds. The number of nitrogens with one attached hydrogen (secondary N) is 1. The fourth-order valence-corrected chi connectivity index (χ4v) is 2.70. The van der Waals surface area contributed by atoms with Crippen LogP contribution in [0.4, 0.5) is 18.0 Å². The summed E-state index contributed by atoms with van der Waals surface area (Å²) in [6, 6.07) is 6.46. The van der Waals surface area contributed by atoms with Gasteiger partial charge in [0.15, 0.2) is 17.4 Å². The van der Waals surface area contributed by atoms with Gasteiger partial charge in [0, 0.05) is 24.0 Å². The fourth-order valence-electron chi connectivity index (χ4n) is 2.70. The highest BCUT2D eigenvalue weighted by molar-refractivity contribution is 5.85. The second kappa shape index (κ2) is 7.43. The molecule has 0 radical (unpaired) electrons. The Morgan fingerprint density at radius 2 is 1.87 bits per heavy atom. The van der Waals surface area contributed by atoms with Crippen molar-refractivity contribution < 1.29 is 22.7 Å². The highest BCUT2D eigenvalue weighted by Crippen LogP contribution is 2.31. The van der Waals surface area contributed by atoms with E-state index in [0.717, 1.165) is 16.8 Å². The van der Waals surface area contributed by atoms with Gasteiger partial charge in [-0.2, -0.15) is 13.2 Å². The molecule has 0 spiro atoms. The molecule has 0 bridgehead atoms. The number of hydrogen-bond donors (Lipinski definition) is 1. The maximum Gasteiger partial charge on any atom is 0.432 e. The molecule has 3 heterocycles. The lowest BCUT2D eigenvalue weighted by Gasteiger charge is -2.11. The Balaban J connectivity index is 1.53. The van der Waals surface area contributed by atoms with Gasteiger partial charge in [0.05, 0.1) is 23.0 Å². The van der Waals surface area contributed by atoms with Gasteiger partial charge in [-0.1, -0.05) is 6.07 Å². The third-order valence-electron chi connectivity index (χ3n) is 4.13. The summed E-state index contributed by atoms with van der Waals surface area (Å²) in [7, 11) is 0. The van der Waals surface area contributed by atoms with E-state index < -0.39 is 17.8 Å².